The lowest BCUT2D eigenvalue weighted by atomic mass is 9.33. The van der Waals surface area contributed by atoms with Gasteiger partial charge in [0.25, 0.3) is 0 Å². The zero-order chi connectivity index (χ0) is 24.9. The van der Waals surface area contributed by atoms with Crippen molar-refractivity contribution in [1.82, 2.24) is 0 Å². The van der Waals surface area contributed by atoms with Gasteiger partial charge >= 0.3 is 0 Å². The summed E-state index contributed by atoms with van der Waals surface area (Å²) in [4.78, 5) is 0. The number of aliphatic hydroxyl groups excluding tert-OH is 4. The fourth-order valence-corrected chi connectivity index (χ4v) is 10.7. The van der Waals surface area contributed by atoms with E-state index >= 15 is 0 Å². The lowest BCUT2D eigenvalue weighted by molar-refractivity contribution is -0.227. The number of allylic oxidation sites excluding steroid dienone is 2. The summed E-state index contributed by atoms with van der Waals surface area (Å²) in [5.41, 5.74) is 0.960. The summed E-state index contributed by atoms with van der Waals surface area (Å²) < 4.78 is 0. The molecule has 0 aliphatic heterocycles. The summed E-state index contributed by atoms with van der Waals surface area (Å²) in [5, 5.41) is 43.7. The van der Waals surface area contributed by atoms with Gasteiger partial charge in [-0.25, -0.2) is 0 Å². The van der Waals surface area contributed by atoms with Gasteiger partial charge in [0.2, 0.25) is 0 Å². The molecule has 4 fully saturated rings. The summed E-state index contributed by atoms with van der Waals surface area (Å²) in [6, 6.07) is 0. The number of fused-ring (bicyclic) bond motifs is 7. The molecule has 0 aromatic heterocycles. The average Bonchev–Trinajstić information content (AvgIpc) is 2.77. The summed E-state index contributed by atoms with van der Waals surface area (Å²) in [6.45, 7) is 14.3. The topological polar surface area (TPSA) is 80.9 Å². The Morgan fingerprint density at radius 2 is 1.50 bits per heavy atom. The molecule has 4 nitrogen and oxygen atoms in total. The standard InChI is InChI=1S/C30H50O4/c1-25(2)13-14-30(18-32)20(15-25)19-7-8-22-26(3)11-10-23(33)27(4,17-31)21(26)9-12-28(22,5)29(19,6)16-24(30)34/h7,20-24,31-34H,8-18H2,1-6H3/t20-,21-,22-,23-,24+,26-,27-,28+,29+,30+/m0/s1. The summed E-state index contributed by atoms with van der Waals surface area (Å²) in [6.07, 6.45) is 10.3. The first-order chi connectivity index (χ1) is 15.7. The predicted molar refractivity (Wildman–Crippen MR) is 135 cm³/mol. The van der Waals surface area contributed by atoms with Gasteiger partial charge in [-0.05, 0) is 97.2 Å². The van der Waals surface area contributed by atoms with Crippen molar-refractivity contribution in [1.29, 1.82) is 0 Å². The third-order valence-electron chi connectivity index (χ3n) is 13.3. The third-order valence-corrected chi connectivity index (χ3v) is 13.3. The van der Waals surface area contributed by atoms with Gasteiger partial charge in [-0.15, -0.1) is 0 Å². The second-order valence-corrected chi connectivity index (χ2v) is 15.0. The van der Waals surface area contributed by atoms with Crippen molar-refractivity contribution < 1.29 is 20.4 Å². The maximum Gasteiger partial charge on any atom is 0.0632 e. The zero-order valence-electron chi connectivity index (χ0n) is 22.5. The van der Waals surface area contributed by atoms with Crippen LogP contribution < -0.4 is 0 Å². The summed E-state index contributed by atoms with van der Waals surface area (Å²) in [7, 11) is 0. The van der Waals surface area contributed by atoms with Gasteiger partial charge < -0.3 is 20.4 Å². The average molecular weight is 475 g/mol. The van der Waals surface area contributed by atoms with Crippen molar-refractivity contribution >= 4 is 0 Å². The molecular formula is C30H50O4. The fraction of sp³-hybridized carbons (Fsp3) is 0.933. The molecule has 0 aromatic rings. The van der Waals surface area contributed by atoms with E-state index in [1.807, 2.05) is 0 Å². The molecule has 0 spiro atoms. The highest BCUT2D eigenvalue weighted by Gasteiger charge is 2.70. The molecule has 4 saturated carbocycles. The van der Waals surface area contributed by atoms with Crippen molar-refractivity contribution in [2.75, 3.05) is 13.2 Å². The lowest BCUT2D eigenvalue weighted by Crippen LogP contribution is -2.67. The van der Waals surface area contributed by atoms with E-state index in [9.17, 15) is 20.4 Å². The second kappa shape index (κ2) is 7.55. The van der Waals surface area contributed by atoms with E-state index < -0.39 is 23.0 Å². The molecule has 10 atom stereocenters. The molecule has 34 heavy (non-hydrogen) atoms. The molecule has 0 heterocycles. The first kappa shape index (κ1) is 25.2. The minimum Gasteiger partial charge on any atom is -0.396 e. The van der Waals surface area contributed by atoms with Crippen LogP contribution in [0.5, 0.6) is 0 Å². The van der Waals surface area contributed by atoms with Crippen molar-refractivity contribution in [3.63, 3.8) is 0 Å². The monoisotopic (exact) mass is 474 g/mol. The van der Waals surface area contributed by atoms with Crippen LogP contribution in [0.3, 0.4) is 0 Å². The van der Waals surface area contributed by atoms with Crippen LogP contribution >= 0.6 is 0 Å². The Labute approximate surface area is 207 Å². The summed E-state index contributed by atoms with van der Waals surface area (Å²) >= 11 is 0. The number of hydrogen-bond donors (Lipinski definition) is 4. The quantitative estimate of drug-likeness (QED) is 0.421. The molecule has 0 radical (unpaired) electrons. The Bertz CT molecular complexity index is 866. The first-order valence-corrected chi connectivity index (χ1v) is 14.0. The van der Waals surface area contributed by atoms with Crippen LogP contribution in [-0.4, -0.2) is 45.8 Å². The van der Waals surface area contributed by atoms with Crippen molar-refractivity contribution in [2.45, 2.75) is 112 Å². The van der Waals surface area contributed by atoms with Crippen molar-refractivity contribution in [3.05, 3.63) is 11.6 Å². The highest BCUT2D eigenvalue weighted by atomic mass is 16.3. The molecule has 4 heteroatoms. The Kier molecular flexibility index (Phi) is 5.61. The number of aliphatic hydroxyl groups is 4. The van der Waals surface area contributed by atoms with Crippen molar-refractivity contribution in [2.24, 2.45) is 50.2 Å². The van der Waals surface area contributed by atoms with Crippen LogP contribution in [-0.2, 0) is 0 Å². The highest BCUT2D eigenvalue weighted by Crippen LogP contribution is 2.75. The van der Waals surface area contributed by atoms with E-state index in [0.717, 1.165) is 57.8 Å². The van der Waals surface area contributed by atoms with Crippen LogP contribution in [0, 0.1) is 50.2 Å². The first-order valence-electron chi connectivity index (χ1n) is 14.0. The van der Waals surface area contributed by atoms with Gasteiger partial charge in [-0.3, -0.25) is 0 Å². The normalized spacial score (nSPS) is 56.4. The Morgan fingerprint density at radius 3 is 2.15 bits per heavy atom. The Balaban J connectivity index is 1.61. The van der Waals surface area contributed by atoms with Gasteiger partial charge in [-0.1, -0.05) is 53.2 Å². The van der Waals surface area contributed by atoms with Crippen LogP contribution in [0.25, 0.3) is 0 Å². The smallest absolute Gasteiger partial charge is 0.0632 e. The molecule has 0 amide bonds. The van der Waals surface area contributed by atoms with Gasteiger partial charge in [0.05, 0.1) is 25.4 Å². The molecule has 0 saturated heterocycles. The van der Waals surface area contributed by atoms with Gasteiger partial charge in [0.15, 0.2) is 0 Å². The largest absolute Gasteiger partial charge is 0.396 e. The highest BCUT2D eigenvalue weighted by molar-refractivity contribution is 5.35. The third kappa shape index (κ3) is 2.92. The zero-order valence-corrected chi connectivity index (χ0v) is 22.5. The summed E-state index contributed by atoms with van der Waals surface area (Å²) in [5.74, 6) is 1.02. The van der Waals surface area contributed by atoms with Crippen LogP contribution in [0.4, 0.5) is 0 Å². The van der Waals surface area contributed by atoms with E-state index in [4.69, 9.17) is 0 Å². The van der Waals surface area contributed by atoms with Crippen LogP contribution in [0.2, 0.25) is 0 Å². The Morgan fingerprint density at radius 1 is 0.794 bits per heavy atom. The molecule has 5 aliphatic rings. The minimum absolute atomic E-state index is 0.0467. The molecule has 5 aliphatic carbocycles. The van der Waals surface area contributed by atoms with Gasteiger partial charge in [0, 0.05) is 10.8 Å². The van der Waals surface area contributed by atoms with E-state index in [1.165, 1.54) is 5.57 Å². The fourth-order valence-electron chi connectivity index (χ4n) is 10.7. The maximum atomic E-state index is 11.7. The molecule has 4 N–H and O–H groups in total. The number of rotatable bonds is 2. The lowest BCUT2D eigenvalue weighted by Gasteiger charge is -2.72. The predicted octanol–water partition coefficient (Wildman–Crippen LogP) is 5.08. The molecule has 0 bridgehead atoms. The number of hydrogen-bond acceptors (Lipinski definition) is 4. The second-order valence-electron chi connectivity index (χ2n) is 15.0. The molecular weight excluding hydrogens is 424 g/mol. The SMILES string of the molecule is CC1(C)CC[C@]2(CO)[C@H](O)C[C@]3(C)C(=CC[C@H]4[C@@]5(C)CC[C@H](O)[C@@](C)(CO)[C@H]5CC[C@]43C)[C@@H]2C1. The molecule has 5 rings (SSSR count). The Hall–Kier alpha value is -0.420. The van der Waals surface area contributed by atoms with Crippen molar-refractivity contribution in [3.8, 4) is 0 Å². The van der Waals surface area contributed by atoms with Crippen LogP contribution in [0.15, 0.2) is 11.6 Å². The maximum absolute atomic E-state index is 11.7. The van der Waals surface area contributed by atoms with E-state index in [1.54, 1.807) is 0 Å². The van der Waals surface area contributed by atoms with E-state index in [-0.39, 0.29) is 40.8 Å². The minimum atomic E-state index is -0.474. The molecule has 0 aromatic carbocycles. The van der Waals surface area contributed by atoms with E-state index in [0.29, 0.717) is 11.8 Å². The van der Waals surface area contributed by atoms with Gasteiger partial charge in [-0.2, -0.15) is 0 Å². The molecule has 0 unspecified atom stereocenters. The molecule has 194 valence electrons. The van der Waals surface area contributed by atoms with E-state index in [2.05, 4.69) is 47.6 Å². The van der Waals surface area contributed by atoms with Gasteiger partial charge in [0.1, 0.15) is 0 Å². The van der Waals surface area contributed by atoms with Crippen LogP contribution in [0.1, 0.15) is 99.3 Å².